The Hall–Kier alpha value is -2.66. The van der Waals surface area contributed by atoms with Crippen molar-refractivity contribution in [2.24, 2.45) is 0 Å². The van der Waals surface area contributed by atoms with E-state index in [1.165, 1.54) is 158 Å². The highest BCUT2D eigenvalue weighted by molar-refractivity contribution is 7.62. The van der Waals surface area contributed by atoms with Gasteiger partial charge in [0.1, 0.15) is 0 Å². The van der Waals surface area contributed by atoms with Crippen molar-refractivity contribution in [1.82, 2.24) is 0 Å². The molecule has 0 bridgehead atoms. The number of rotatable bonds is 27. The van der Waals surface area contributed by atoms with Crippen molar-refractivity contribution in [3.63, 3.8) is 0 Å². The summed E-state index contributed by atoms with van der Waals surface area (Å²) in [4.78, 5) is 0. The van der Waals surface area contributed by atoms with Gasteiger partial charge in [0.05, 0.1) is 14.3 Å². The summed E-state index contributed by atoms with van der Waals surface area (Å²) in [6, 6.07) is 29.7. The molecule has 0 spiro atoms. The van der Waals surface area contributed by atoms with Gasteiger partial charge in [0.25, 0.3) is 0 Å². The zero-order chi connectivity index (χ0) is 44.4. The SMILES string of the molecule is CCCCCCCC1(CCCCCCC)c2cc(C)ccc2-c2ccc(-c3ccc4c(c3)C(CCCCCCP(C)(C)=O)(CCCCCCP(C)(C)=O)c3cc(C)ccc3-4)cc21. The van der Waals surface area contributed by atoms with Crippen LogP contribution in [-0.2, 0) is 20.0 Å². The van der Waals surface area contributed by atoms with Crippen molar-refractivity contribution in [3.8, 4) is 33.4 Å². The molecular weight excluding hydrogens is 791 g/mol. The molecule has 0 aromatic heterocycles. The van der Waals surface area contributed by atoms with Gasteiger partial charge in [-0.2, -0.15) is 0 Å². The highest BCUT2D eigenvalue weighted by atomic mass is 31.2. The molecule has 4 aromatic rings. The summed E-state index contributed by atoms with van der Waals surface area (Å²) >= 11 is 0. The Bertz CT molecular complexity index is 2130. The predicted molar refractivity (Wildman–Crippen MR) is 275 cm³/mol. The van der Waals surface area contributed by atoms with E-state index in [4.69, 9.17) is 0 Å². The zero-order valence-electron chi connectivity index (χ0n) is 40.6. The van der Waals surface area contributed by atoms with Crippen LogP contribution in [0.1, 0.15) is 188 Å². The number of unbranched alkanes of at least 4 members (excludes halogenated alkanes) is 14. The molecule has 0 aliphatic heterocycles. The van der Waals surface area contributed by atoms with Crippen LogP contribution in [0.4, 0.5) is 0 Å². The molecule has 62 heavy (non-hydrogen) atoms. The molecule has 2 aliphatic rings. The number of hydrogen-bond donors (Lipinski definition) is 0. The third-order valence-electron chi connectivity index (χ3n) is 14.9. The molecule has 0 heterocycles. The van der Waals surface area contributed by atoms with Gasteiger partial charge in [-0.15, -0.1) is 0 Å². The van der Waals surface area contributed by atoms with Gasteiger partial charge in [-0.25, -0.2) is 0 Å². The van der Waals surface area contributed by atoms with Crippen molar-refractivity contribution in [1.29, 1.82) is 0 Å². The molecule has 0 amide bonds. The molecule has 0 saturated carbocycles. The van der Waals surface area contributed by atoms with Gasteiger partial charge < -0.3 is 9.13 Å². The summed E-state index contributed by atoms with van der Waals surface area (Å²) in [6.45, 7) is 17.0. The van der Waals surface area contributed by atoms with Crippen LogP contribution in [-0.4, -0.2) is 39.0 Å². The van der Waals surface area contributed by atoms with Gasteiger partial charge >= 0.3 is 0 Å². The molecule has 6 rings (SSSR count). The normalized spacial score (nSPS) is 14.8. The second kappa shape index (κ2) is 22.0. The summed E-state index contributed by atoms with van der Waals surface area (Å²) < 4.78 is 25.1. The first-order valence-corrected chi connectivity index (χ1v) is 30.9. The van der Waals surface area contributed by atoms with Gasteiger partial charge in [0.2, 0.25) is 0 Å². The van der Waals surface area contributed by atoms with Gasteiger partial charge in [0.15, 0.2) is 0 Å². The molecule has 0 N–H and O–H groups in total. The van der Waals surface area contributed by atoms with E-state index in [0.717, 1.165) is 50.8 Å². The van der Waals surface area contributed by atoms with Crippen molar-refractivity contribution >= 4 is 14.3 Å². The molecule has 4 aromatic carbocycles. The lowest BCUT2D eigenvalue weighted by atomic mass is 9.69. The highest BCUT2D eigenvalue weighted by Crippen LogP contribution is 2.58. The molecule has 2 nitrogen and oxygen atoms in total. The molecule has 0 atom stereocenters. The van der Waals surface area contributed by atoms with Crippen LogP contribution in [0.5, 0.6) is 0 Å². The first kappa shape index (κ1) is 48.8. The highest BCUT2D eigenvalue weighted by Gasteiger charge is 2.44. The van der Waals surface area contributed by atoms with Crippen LogP contribution < -0.4 is 0 Å². The summed E-state index contributed by atoms with van der Waals surface area (Å²) in [5, 5.41) is 0. The van der Waals surface area contributed by atoms with Crippen molar-refractivity contribution < 1.29 is 9.13 Å². The fourth-order valence-corrected chi connectivity index (χ4v) is 13.5. The molecule has 0 unspecified atom stereocenters. The molecular formula is C58H84O2P2. The Morgan fingerprint density at radius 2 is 0.661 bits per heavy atom. The molecule has 0 radical (unpaired) electrons. The Morgan fingerprint density at radius 3 is 0.984 bits per heavy atom. The van der Waals surface area contributed by atoms with Crippen LogP contribution in [0.25, 0.3) is 33.4 Å². The lowest BCUT2D eigenvalue weighted by Crippen LogP contribution is -2.26. The van der Waals surface area contributed by atoms with E-state index < -0.39 is 14.3 Å². The maximum absolute atomic E-state index is 12.5. The second-order valence-electron chi connectivity index (χ2n) is 21.0. The van der Waals surface area contributed by atoms with Gasteiger partial charge in [-0.1, -0.05) is 188 Å². The van der Waals surface area contributed by atoms with E-state index in [0.29, 0.717) is 0 Å². The second-order valence-corrected chi connectivity index (χ2v) is 28.2. The van der Waals surface area contributed by atoms with Crippen LogP contribution >= 0.6 is 14.3 Å². The lowest BCUT2D eigenvalue weighted by Gasteiger charge is -2.34. The summed E-state index contributed by atoms with van der Waals surface area (Å²) in [5.41, 5.74) is 17.5. The molecule has 4 heteroatoms. The fourth-order valence-electron chi connectivity index (χ4n) is 11.5. The summed E-state index contributed by atoms with van der Waals surface area (Å²) in [7, 11) is -3.96. The topological polar surface area (TPSA) is 34.1 Å². The van der Waals surface area contributed by atoms with Crippen LogP contribution in [0.3, 0.4) is 0 Å². The number of fused-ring (bicyclic) bond motifs is 6. The maximum atomic E-state index is 12.5. The quantitative estimate of drug-likeness (QED) is 0.0442. The Balaban J connectivity index is 1.39. The van der Waals surface area contributed by atoms with E-state index in [9.17, 15) is 9.13 Å². The monoisotopic (exact) mass is 875 g/mol. The van der Waals surface area contributed by atoms with Crippen molar-refractivity contribution in [2.75, 3.05) is 39.0 Å². The Morgan fingerprint density at radius 1 is 0.371 bits per heavy atom. The lowest BCUT2D eigenvalue weighted by molar-refractivity contribution is 0.399. The van der Waals surface area contributed by atoms with Crippen LogP contribution in [0.15, 0.2) is 72.8 Å². The molecule has 2 aliphatic carbocycles. The van der Waals surface area contributed by atoms with E-state index in [1.807, 2.05) is 26.7 Å². The van der Waals surface area contributed by atoms with Crippen molar-refractivity contribution in [3.05, 3.63) is 106 Å². The maximum Gasteiger partial charge on any atom is 0.0819 e. The van der Waals surface area contributed by atoms with E-state index in [-0.39, 0.29) is 10.8 Å². The molecule has 0 saturated heterocycles. The van der Waals surface area contributed by atoms with Gasteiger partial charge in [-0.05, 0) is 147 Å². The average Bonchev–Trinajstić information content (AvgIpc) is 3.64. The predicted octanol–water partition coefficient (Wildman–Crippen LogP) is 18.4. The first-order chi connectivity index (χ1) is 29.7. The Labute approximate surface area is 380 Å². The average molecular weight is 875 g/mol. The Kier molecular flexibility index (Phi) is 17.3. The van der Waals surface area contributed by atoms with Gasteiger partial charge in [0, 0.05) is 23.2 Å². The minimum Gasteiger partial charge on any atom is -0.324 e. The standard InChI is InChI=1S/C58H84O2P2/c1-9-11-13-15-21-35-57(36-22-16-14-12-10-2)53-41-45(3)27-31-49(53)51-33-29-47(43-55(51)57)48-30-34-52-50-32-28-46(4)42-54(50)58(56(52)44-48,37-23-17-19-25-39-61(5,6)59)38-24-18-20-26-40-62(7,8)60/h27-34,41-44H,9-26,35-40H2,1-8H3. The largest absolute Gasteiger partial charge is 0.324 e. The van der Waals surface area contributed by atoms with E-state index in [1.54, 1.807) is 11.1 Å². The minimum absolute atomic E-state index is 0.0342. The molecule has 0 fully saturated rings. The zero-order valence-corrected chi connectivity index (χ0v) is 42.4. The molecule has 338 valence electrons. The third-order valence-corrected chi connectivity index (χ3v) is 17.7. The summed E-state index contributed by atoms with van der Waals surface area (Å²) in [6.07, 6.45) is 28.8. The summed E-state index contributed by atoms with van der Waals surface area (Å²) in [5.74, 6) is 0. The van der Waals surface area contributed by atoms with Crippen molar-refractivity contribution in [2.45, 2.75) is 180 Å². The first-order valence-electron chi connectivity index (χ1n) is 25.3. The number of hydrogen-bond acceptors (Lipinski definition) is 2. The number of benzene rings is 4. The van der Waals surface area contributed by atoms with Crippen LogP contribution in [0.2, 0.25) is 0 Å². The smallest absolute Gasteiger partial charge is 0.0819 e. The minimum atomic E-state index is -1.98. The van der Waals surface area contributed by atoms with E-state index in [2.05, 4.69) is 100 Å². The number of aryl methyl sites for hydroxylation is 2. The third kappa shape index (κ3) is 12.0. The fraction of sp³-hybridized carbons (Fsp3) is 0.586. The van der Waals surface area contributed by atoms with Crippen LogP contribution in [0, 0.1) is 13.8 Å². The van der Waals surface area contributed by atoms with Gasteiger partial charge in [-0.3, -0.25) is 0 Å². The van der Waals surface area contributed by atoms with E-state index >= 15 is 0 Å².